The van der Waals surface area contributed by atoms with E-state index in [1.54, 1.807) is 31.4 Å². The van der Waals surface area contributed by atoms with E-state index in [1.165, 1.54) is 23.9 Å². The van der Waals surface area contributed by atoms with Crippen LogP contribution in [0.3, 0.4) is 0 Å². The average Bonchev–Trinajstić information content (AvgIpc) is 2.78. The number of aromatic amines is 1. The summed E-state index contributed by atoms with van der Waals surface area (Å²) in [6.45, 7) is 2.33. The van der Waals surface area contributed by atoms with Crippen molar-refractivity contribution in [3.05, 3.63) is 75.3 Å². The second-order valence-corrected chi connectivity index (χ2v) is 8.16. The van der Waals surface area contributed by atoms with Crippen LogP contribution in [-0.2, 0) is 10.5 Å². The topological polar surface area (TPSA) is 93.3 Å². The number of anilines is 1. The molecule has 0 bridgehead atoms. The highest BCUT2D eigenvalue weighted by atomic mass is 32.2. The predicted octanol–water partition coefficient (Wildman–Crippen LogP) is 4.08. The molecule has 2 aromatic carbocycles. The number of hydrogen-bond acceptors (Lipinski definition) is 6. The Morgan fingerprint density at radius 1 is 1.16 bits per heavy atom. The fourth-order valence-electron chi connectivity index (χ4n) is 3.61. The molecule has 32 heavy (non-hydrogen) atoms. The zero-order chi connectivity index (χ0) is 22.7. The highest BCUT2D eigenvalue weighted by molar-refractivity contribution is 7.98. The normalized spacial score (nSPS) is 15.1. The van der Waals surface area contributed by atoms with Crippen LogP contribution < -0.4 is 20.3 Å². The first-order valence-corrected chi connectivity index (χ1v) is 11.1. The number of nitrogens with zero attached hydrogens (tertiary/aromatic N) is 1. The summed E-state index contributed by atoms with van der Waals surface area (Å²) in [6, 6.07) is 11.5. The van der Waals surface area contributed by atoms with Crippen molar-refractivity contribution >= 4 is 23.5 Å². The maximum atomic E-state index is 13.1. The number of H-pyrrole nitrogens is 1. The Hall–Kier alpha value is -3.33. The lowest BCUT2D eigenvalue weighted by Crippen LogP contribution is -2.31. The summed E-state index contributed by atoms with van der Waals surface area (Å²) in [6.07, 6.45) is 0.123. The van der Waals surface area contributed by atoms with Gasteiger partial charge < -0.3 is 19.8 Å². The Labute approximate surface area is 188 Å². The molecule has 1 amide bonds. The molecule has 2 heterocycles. The van der Waals surface area contributed by atoms with Crippen molar-refractivity contribution < 1.29 is 18.7 Å². The Kier molecular flexibility index (Phi) is 6.45. The molecule has 7 nitrogen and oxygen atoms in total. The van der Waals surface area contributed by atoms with Crippen LogP contribution in [0.15, 0.2) is 52.4 Å². The van der Waals surface area contributed by atoms with Crippen molar-refractivity contribution in [1.29, 1.82) is 0 Å². The lowest BCUT2D eigenvalue weighted by atomic mass is 9.86. The van der Waals surface area contributed by atoms with Crippen molar-refractivity contribution in [2.24, 2.45) is 0 Å². The van der Waals surface area contributed by atoms with Gasteiger partial charge in [0.25, 0.3) is 5.56 Å². The number of benzene rings is 2. The summed E-state index contributed by atoms with van der Waals surface area (Å²) >= 11 is 1.30. The highest BCUT2D eigenvalue weighted by Crippen LogP contribution is 2.38. The van der Waals surface area contributed by atoms with Gasteiger partial charge in [-0.1, -0.05) is 30.0 Å². The molecule has 166 valence electrons. The zero-order valence-electron chi connectivity index (χ0n) is 17.6. The van der Waals surface area contributed by atoms with Gasteiger partial charge in [0, 0.05) is 18.1 Å². The van der Waals surface area contributed by atoms with Crippen LogP contribution in [0.5, 0.6) is 11.5 Å². The minimum absolute atomic E-state index is 0.123. The van der Waals surface area contributed by atoms with Crippen LogP contribution in [0.4, 0.5) is 10.2 Å². The molecule has 0 unspecified atom stereocenters. The predicted molar refractivity (Wildman–Crippen MR) is 120 cm³/mol. The van der Waals surface area contributed by atoms with Gasteiger partial charge in [-0.15, -0.1) is 0 Å². The molecule has 4 rings (SSSR count). The molecule has 1 atom stereocenters. The molecule has 1 aromatic heterocycles. The smallest absolute Gasteiger partial charge is 0.257 e. The van der Waals surface area contributed by atoms with E-state index in [2.05, 4.69) is 15.3 Å². The first-order chi connectivity index (χ1) is 15.5. The third-order valence-corrected chi connectivity index (χ3v) is 6.05. The first kappa shape index (κ1) is 21.9. The van der Waals surface area contributed by atoms with Crippen LogP contribution in [0.2, 0.25) is 0 Å². The fraction of sp³-hybridized carbons (Fsp3) is 0.261. The van der Waals surface area contributed by atoms with Gasteiger partial charge >= 0.3 is 0 Å². The Morgan fingerprint density at radius 2 is 1.94 bits per heavy atom. The van der Waals surface area contributed by atoms with Crippen LogP contribution in [0.25, 0.3) is 0 Å². The maximum absolute atomic E-state index is 13.1. The van der Waals surface area contributed by atoms with Crippen LogP contribution >= 0.6 is 11.8 Å². The van der Waals surface area contributed by atoms with Crippen molar-refractivity contribution in [3.8, 4) is 11.5 Å². The molecule has 0 radical (unpaired) electrons. The van der Waals surface area contributed by atoms with Gasteiger partial charge in [-0.3, -0.25) is 9.59 Å². The van der Waals surface area contributed by atoms with Crippen molar-refractivity contribution in [3.63, 3.8) is 0 Å². The van der Waals surface area contributed by atoms with Gasteiger partial charge in [-0.05, 0) is 42.3 Å². The standard InChI is InChI=1S/C23H22FN3O4S/c1-3-31-18-10-14(6-9-17(18)30-2)16-11-19(28)25-21-20(16)22(29)27-23(26-21)32-12-13-4-7-15(24)8-5-13/h4-10,16H,3,11-12H2,1-2H3,(H2,25,26,27,28,29)/t16-/m0/s1. The average molecular weight is 456 g/mol. The molecule has 0 fully saturated rings. The third-order valence-electron chi connectivity index (χ3n) is 5.11. The summed E-state index contributed by atoms with van der Waals surface area (Å²) < 4.78 is 24.1. The quantitative estimate of drug-likeness (QED) is 0.412. The number of amides is 1. The number of hydrogen-bond donors (Lipinski definition) is 2. The number of carbonyl (C=O) groups is 1. The molecule has 9 heteroatoms. The summed E-state index contributed by atoms with van der Waals surface area (Å²) in [5.74, 6) is 0.895. The number of ether oxygens (including phenoxy) is 2. The molecule has 1 aliphatic heterocycles. The van der Waals surface area contributed by atoms with E-state index in [0.29, 0.717) is 34.6 Å². The number of methoxy groups -OCH3 is 1. The minimum Gasteiger partial charge on any atom is -0.493 e. The van der Waals surface area contributed by atoms with Gasteiger partial charge in [0.2, 0.25) is 5.91 Å². The van der Waals surface area contributed by atoms with Gasteiger partial charge in [0.05, 0.1) is 19.3 Å². The van der Waals surface area contributed by atoms with E-state index in [9.17, 15) is 14.0 Å². The van der Waals surface area contributed by atoms with Gasteiger partial charge in [0.15, 0.2) is 16.7 Å². The van der Waals surface area contributed by atoms with Crippen LogP contribution in [-0.4, -0.2) is 29.6 Å². The van der Waals surface area contributed by atoms with E-state index < -0.39 is 5.92 Å². The zero-order valence-corrected chi connectivity index (χ0v) is 18.4. The van der Waals surface area contributed by atoms with Crippen molar-refractivity contribution in [1.82, 2.24) is 9.97 Å². The lowest BCUT2D eigenvalue weighted by Gasteiger charge is -2.25. The minimum atomic E-state index is -0.462. The number of halogens is 1. The first-order valence-electron chi connectivity index (χ1n) is 10.1. The molecular formula is C23H22FN3O4S. The Balaban J connectivity index is 1.65. The molecule has 0 spiro atoms. The lowest BCUT2D eigenvalue weighted by molar-refractivity contribution is -0.116. The number of rotatable bonds is 7. The van der Waals surface area contributed by atoms with E-state index >= 15 is 0 Å². The number of aromatic nitrogens is 2. The Morgan fingerprint density at radius 3 is 2.66 bits per heavy atom. The fourth-order valence-corrected chi connectivity index (χ4v) is 4.43. The van der Waals surface area contributed by atoms with Crippen molar-refractivity contribution in [2.45, 2.75) is 30.2 Å². The summed E-state index contributed by atoms with van der Waals surface area (Å²) in [7, 11) is 1.56. The third kappa shape index (κ3) is 4.62. The second kappa shape index (κ2) is 9.44. The van der Waals surface area contributed by atoms with E-state index in [-0.39, 0.29) is 29.5 Å². The largest absolute Gasteiger partial charge is 0.493 e. The molecular weight excluding hydrogens is 433 g/mol. The maximum Gasteiger partial charge on any atom is 0.257 e. The molecule has 0 saturated carbocycles. The Bertz CT molecular complexity index is 1200. The highest BCUT2D eigenvalue weighted by Gasteiger charge is 2.31. The second-order valence-electron chi connectivity index (χ2n) is 7.20. The van der Waals surface area contributed by atoms with Gasteiger partial charge in [-0.25, -0.2) is 9.37 Å². The van der Waals surface area contributed by atoms with Gasteiger partial charge in [-0.2, -0.15) is 0 Å². The molecule has 1 aliphatic rings. The molecule has 3 aromatic rings. The molecule has 0 aliphatic carbocycles. The number of carbonyl (C=O) groups excluding carboxylic acids is 1. The van der Waals surface area contributed by atoms with E-state index in [1.807, 2.05) is 13.0 Å². The summed E-state index contributed by atoms with van der Waals surface area (Å²) in [5, 5.41) is 3.10. The van der Waals surface area contributed by atoms with Crippen LogP contribution in [0, 0.1) is 5.82 Å². The van der Waals surface area contributed by atoms with E-state index in [0.717, 1.165) is 11.1 Å². The number of thioether (sulfide) groups is 1. The van der Waals surface area contributed by atoms with Gasteiger partial charge in [0.1, 0.15) is 11.6 Å². The van der Waals surface area contributed by atoms with Crippen LogP contribution in [0.1, 0.15) is 36.0 Å². The van der Waals surface area contributed by atoms with E-state index in [4.69, 9.17) is 9.47 Å². The monoisotopic (exact) mass is 455 g/mol. The molecule has 2 N–H and O–H groups in total. The summed E-state index contributed by atoms with van der Waals surface area (Å²) in [4.78, 5) is 32.7. The number of fused-ring (bicyclic) bond motifs is 1. The van der Waals surface area contributed by atoms with Crippen molar-refractivity contribution in [2.75, 3.05) is 19.0 Å². The summed E-state index contributed by atoms with van der Waals surface area (Å²) in [5.41, 5.74) is 1.75. The SMILES string of the molecule is CCOc1cc([C@@H]2CC(=O)Nc3nc(SCc4ccc(F)cc4)[nH]c(=O)c32)ccc1OC. The molecule has 0 saturated heterocycles. The number of nitrogens with one attached hydrogen (secondary N) is 2.